The van der Waals surface area contributed by atoms with Crippen molar-refractivity contribution in [3.63, 3.8) is 0 Å². The third kappa shape index (κ3) is 3.02. The summed E-state index contributed by atoms with van der Waals surface area (Å²) < 4.78 is 8.09. The van der Waals surface area contributed by atoms with Gasteiger partial charge in [-0.25, -0.2) is 4.98 Å². The monoisotopic (exact) mass is 397 g/mol. The lowest BCUT2D eigenvalue weighted by Crippen LogP contribution is -2.27. The summed E-state index contributed by atoms with van der Waals surface area (Å²) >= 11 is 6.31. The lowest BCUT2D eigenvalue weighted by molar-refractivity contribution is 0.00617. The number of pyridine rings is 1. The molecule has 4 aromatic rings. The zero-order chi connectivity index (χ0) is 19.3. The molecule has 1 fully saturated rings. The highest BCUT2D eigenvalue weighted by atomic mass is 35.5. The molecular weight excluding hydrogens is 378 g/mol. The zero-order valence-corrected chi connectivity index (χ0v) is 16.5. The molecule has 0 saturated carbocycles. The Bertz CT molecular complexity index is 1170. The molecule has 28 heavy (non-hydrogen) atoms. The second kappa shape index (κ2) is 6.79. The number of benzene rings is 1. The number of ether oxygens (including phenoxy) is 1. The van der Waals surface area contributed by atoms with Crippen LogP contribution in [0.5, 0.6) is 0 Å². The van der Waals surface area contributed by atoms with Crippen LogP contribution in [-0.4, -0.2) is 47.5 Å². The van der Waals surface area contributed by atoms with Crippen LogP contribution in [0.15, 0.2) is 24.4 Å². The predicted molar refractivity (Wildman–Crippen MR) is 105 cm³/mol. The van der Waals surface area contributed by atoms with E-state index in [4.69, 9.17) is 21.3 Å². The van der Waals surface area contributed by atoms with Crippen molar-refractivity contribution in [2.75, 3.05) is 6.61 Å². The van der Waals surface area contributed by atoms with E-state index in [2.05, 4.69) is 31.9 Å². The molecule has 0 unspecified atom stereocenters. The van der Waals surface area contributed by atoms with Gasteiger partial charge in [-0.2, -0.15) is 4.80 Å². The average Bonchev–Trinajstić information content (AvgIpc) is 3.25. The minimum absolute atomic E-state index is 0.201. The zero-order valence-electron chi connectivity index (χ0n) is 15.7. The summed E-state index contributed by atoms with van der Waals surface area (Å²) in [4.78, 5) is 11.0. The molecular formula is C19H20ClN7O. The van der Waals surface area contributed by atoms with E-state index in [9.17, 15) is 0 Å². The van der Waals surface area contributed by atoms with Gasteiger partial charge in [0, 0.05) is 23.1 Å². The highest BCUT2D eigenvalue weighted by Crippen LogP contribution is 2.34. The summed E-state index contributed by atoms with van der Waals surface area (Å²) in [6.07, 6.45) is 3.88. The van der Waals surface area contributed by atoms with Crippen LogP contribution in [0.3, 0.4) is 0 Å². The molecule has 0 amide bonds. The number of aromatic nitrogens is 7. The first-order valence-corrected chi connectivity index (χ1v) is 9.77. The van der Waals surface area contributed by atoms with Gasteiger partial charge < -0.3 is 9.30 Å². The number of aryl methyl sites for hydroxylation is 1. The first-order valence-electron chi connectivity index (χ1n) is 9.39. The second-order valence-electron chi connectivity index (χ2n) is 7.28. The van der Waals surface area contributed by atoms with Crippen molar-refractivity contribution < 1.29 is 4.74 Å². The van der Waals surface area contributed by atoms with Crippen LogP contribution in [0.25, 0.3) is 21.9 Å². The van der Waals surface area contributed by atoms with Gasteiger partial charge in [0.05, 0.1) is 23.3 Å². The Hall–Kier alpha value is -2.58. The van der Waals surface area contributed by atoms with Crippen LogP contribution in [-0.2, 0) is 11.3 Å². The smallest absolute Gasteiger partial charge is 0.171 e. The molecule has 2 atom stereocenters. The Balaban J connectivity index is 1.74. The molecule has 0 spiro atoms. The van der Waals surface area contributed by atoms with Crippen LogP contribution < -0.4 is 0 Å². The SMILES string of the molecule is Cc1nnn(Cc2nc3cnc4ccc(Cl)cc4c3n2[C@@H]2CCO[C@H](C)C2)n1. The van der Waals surface area contributed by atoms with Crippen LogP contribution in [0.4, 0.5) is 0 Å². The van der Waals surface area contributed by atoms with Crippen molar-refractivity contribution in [1.29, 1.82) is 0 Å². The third-order valence-electron chi connectivity index (χ3n) is 5.21. The largest absolute Gasteiger partial charge is 0.378 e. The third-order valence-corrected chi connectivity index (χ3v) is 5.44. The van der Waals surface area contributed by atoms with Crippen molar-refractivity contribution in [3.8, 4) is 0 Å². The van der Waals surface area contributed by atoms with E-state index in [1.165, 1.54) is 0 Å². The van der Waals surface area contributed by atoms with E-state index in [0.29, 0.717) is 17.4 Å². The second-order valence-corrected chi connectivity index (χ2v) is 7.71. The molecule has 0 bridgehead atoms. The van der Waals surface area contributed by atoms with Crippen LogP contribution in [0.2, 0.25) is 5.02 Å². The van der Waals surface area contributed by atoms with Gasteiger partial charge in [0.2, 0.25) is 0 Å². The molecule has 1 aliphatic heterocycles. The first-order chi connectivity index (χ1) is 13.6. The molecule has 0 N–H and O–H groups in total. The molecule has 3 aromatic heterocycles. The minimum atomic E-state index is 0.201. The van der Waals surface area contributed by atoms with E-state index in [0.717, 1.165) is 47.2 Å². The fourth-order valence-corrected chi connectivity index (χ4v) is 4.20. The van der Waals surface area contributed by atoms with Crippen LogP contribution in [0.1, 0.15) is 37.5 Å². The van der Waals surface area contributed by atoms with E-state index in [-0.39, 0.29) is 12.1 Å². The molecule has 0 radical (unpaired) electrons. The fourth-order valence-electron chi connectivity index (χ4n) is 4.03. The van der Waals surface area contributed by atoms with E-state index in [1.807, 2.05) is 31.3 Å². The number of hydrogen-bond donors (Lipinski definition) is 0. The van der Waals surface area contributed by atoms with Crippen molar-refractivity contribution in [2.45, 2.75) is 45.4 Å². The lowest BCUT2D eigenvalue weighted by atomic mass is 10.0. The van der Waals surface area contributed by atoms with Gasteiger partial charge in [-0.1, -0.05) is 11.6 Å². The highest BCUT2D eigenvalue weighted by Gasteiger charge is 2.26. The average molecular weight is 398 g/mol. The number of nitrogens with zero attached hydrogens (tertiary/aromatic N) is 7. The maximum atomic E-state index is 6.31. The summed E-state index contributed by atoms with van der Waals surface area (Å²) in [5.74, 6) is 1.53. The summed E-state index contributed by atoms with van der Waals surface area (Å²) in [6.45, 7) is 5.12. The quantitative estimate of drug-likeness (QED) is 0.527. The van der Waals surface area contributed by atoms with Gasteiger partial charge in [-0.15, -0.1) is 10.2 Å². The van der Waals surface area contributed by atoms with E-state index >= 15 is 0 Å². The van der Waals surface area contributed by atoms with Crippen molar-refractivity contribution in [3.05, 3.63) is 41.1 Å². The molecule has 4 heterocycles. The molecule has 1 aliphatic rings. The van der Waals surface area contributed by atoms with Gasteiger partial charge in [-0.05, 0) is 50.1 Å². The Labute approximate surface area is 166 Å². The number of imidazole rings is 1. The number of rotatable bonds is 3. The molecule has 1 aromatic carbocycles. The van der Waals surface area contributed by atoms with Crippen molar-refractivity contribution >= 4 is 33.5 Å². The number of fused-ring (bicyclic) bond motifs is 3. The van der Waals surface area contributed by atoms with Crippen LogP contribution >= 0.6 is 11.6 Å². The maximum absolute atomic E-state index is 6.31. The molecule has 9 heteroatoms. The van der Waals surface area contributed by atoms with Gasteiger partial charge in [0.15, 0.2) is 5.82 Å². The maximum Gasteiger partial charge on any atom is 0.171 e. The minimum Gasteiger partial charge on any atom is -0.378 e. The van der Waals surface area contributed by atoms with Gasteiger partial charge in [0.25, 0.3) is 0 Å². The molecule has 8 nitrogen and oxygen atoms in total. The Morgan fingerprint density at radius 1 is 1.29 bits per heavy atom. The number of tetrazole rings is 1. The Morgan fingerprint density at radius 3 is 2.96 bits per heavy atom. The summed E-state index contributed by atoms with van der Waals surface area (Å²) in [6, 6.07) is 6.05. The Kier molecular flexibility index (Phi) is 4.25. The van der Waals surface area contributed by atoms with Crippen molar-refractivity contribution in [2.24, 2.45) is 0 Å². The topological polar surface area (TPSA) is 83.5 Å². The van der Waals surface area contributed by atoms with Crippen molar-refractivity contribution in [1.82, 2.24) is 34.7 Å². The summed E-state index contributed by atoms with van der Waals surface area (Å²) in [5.41, 5.74) is 2.80. The molecule has 1 saturated heterocycles. The normalized spacial score (nSPS) is 20.2. The molecule has 144 valence electrons. The Morgan fingerprint density at radius 2 is 2.18 bits per heavy atom. The molecule has 0 aliphatic carbocycles. The highest BCUT2D eigenvalue weighted by molar-refractivity contribution is 6.31. The first kappa shape index (κ1) is 17.5. The lowest BCUT2D eigenvalue weighted by Gasteiger charge is -2.30. The summed E-state index contributed by atoms with van der Waals surface area (Å²) in [7, 11) is 0. The summed E-state index contributed by atoms with van der Waals surface area (Å²) in [5, 5.41) is 14.1. The van der Waals surface area contributed by atoms with Gasteiger partial charge >= 0.3 is 0 Å². The van der Waals surface area contributed by atoms with Gasteiger partial charge in [0.1, 0.15) is 17.9 Å². The fraction of sp³-hybridized carbons (Fsp3) is 0.421. The van der Waals surface area contributed by atoms with E-state index < -0.39 is 0 Å². The molecule has 5 rings (SSSR count). The number of hydrogen-bond acceptors (Lipinski definition) is 6. The standard InChI is InChI=1S/C19H20ClN7O/c1-11-7-14(5-6-28-11)27-18(10-26-24-12(2)23-25-26)22-17-9-21-16-4-3-13(20)8-15(16)19(17)27/h3-4,8-9,11,14H,5-7,10H2,1-2H3/t11-,14-/m1/s1. The van der Waals surface area contributed by atoms with Crippen LogP contribution in [0, 0.1) is 6.92 Å². The predicted octanol–water partition coefficient (Wildman–Crippen LogP) is 3.32. The van der Waals surface area contributed by atoms with Gasteiger partial charge in [-0.3, -0.25) is 4.98 Å². The number of halogens is 1. The van der Waals surface area contributed by atoms with E-state index in [1.54, 1.807) is 4.80 Å².